The summed E-state index contributed by atoms with van der Waals surface area (Å²) in [5.41, 5.74) is 12.5. The number of ether oxygens (including phenoxy) is 3. The first-order valence-corrected chi connectivity index (χ1v) is 27.6. The topological polar surface area (TPSA) is 83.6 Å². The van der Waals surface area contributed by atoms with E-state index in [0.29, 0.717) is 13.2 Å². The molecule has 0 aliphatic carbocycles. The van der Waals surface area contributed by atoms with Crippen LogP contribution < -0.4 is 14.2 Å². The molecule has 0 atom stereocenters. The lowest BCUT2D eigenvalue weighted by molar-refractivity contribution is 0.249. The molecule has 0 fully saturated rings. The van der Waals surface area contributed by atoms with Crippen LogP contribution in [0.3, 0.4) is 0 Å². The van der Waals surface area contributed by atoms with Gasteiger partial charge in [0.1, 0.15) is 17.2 Å². The third kappa shape index (κ3) is 14.6. The SMILES string of the molecule is CCCCCCCCCCCCOc1ccc(C2=C3C=CC(=N3)C(c3ccc(OCCCN(CC)CC)cc3)=C3C=CC(=N3)C(c3ccc(OCCCN(CC)CC)cc3)=C3C=CC(=N3)C=C3C=CC2=N3)cc1. The van der Waals surface area contributed by atoms with Gasteiger partial charge in [0.05, 0.1) is 65.5 Å². The van der Waals surface area contributed by atoms with Gasteiger partial charge >= 0.3 is 0 Å². The number of hydrogen-bond donors (Lipinski definition) is 0. The molecule has 73 heavy (non-hydrogen) atoms. The number of rotatable bonds is 29. The van der Waals surface area contributed by atoms with E-state index in [-0.39, 0.29) is 0 Å². The Morgan fingerprint density at radius 2 is 0.726 bits per heavy atom. The van der Waals surface area contributed by atoms with Gasteiger partial charge in [0.15, 0.2) is 0 Å². The van der Waals surface area contributed by atoms with Crippen molar-refractivity contribution in [1.29, 1.82) is 0 Å². The number of fused-ring (bicyclic) bond motifs is 4. The molecule has 0 N–H and O–H groups in total. The van der Waals surface area contributed by atoms with Crippen LogP contribution in [0.1, 0.15) is 128 Å². The van der Waals surface area contributed by atoms with Crippen LogP contribution in [0.25, 0.3) is 16.7 Å². The Kier molecular flexibility index (Phi) is 20.0. The van der Waals surface area contributed by atoms with Gasteiger partial charge in [0.2, 0.25) is 0 Å². The van der Waals surface area contributed by atoms with E-state index < -0.39 is 0 Å². The van der Waals surface area contributed by atoms with E-state index in [9.17, 15) is 0 Å². The second-order valence-electron chi connectivity index (χ2n) is 19.3. The van der Waals surface area contributed by atoms with Crippen molar-refractivity contribution < 1.29 is 14.2 Å². The summed E-state index contributed by atoms with van der Waals surface area (Å²) >= 11 is 0. The van der Waals surface area contributed by atoms with E-state index >= 15 is 0 Å². The molecule has 382 valence electrons. The van der Waals surface area contributed by atoms with Crippen molar-refractivity contribution in [2.24, 2.45) is 20.0 Å². The van der Waals surface area contributed by atoms with Crippen LogP contribution >= 0.6 is 0 Å². The minimum atomic E-state index is 0.661. The summed E-state index contributed by atoms with van der Waals surface area (Å²) in [6, 6.07) is 25.2. The maximum Gasteiger partial charge on any atom is 0.119 e. The standard InChI is InChI=1S/C64H78N6O3/c1-6-11-12-13-14-15-16-17-18-19-44-71-53-30-22-48(23-31-53)62-56-36-28-51(65-56)47-52-29-37-57(66-52)63(49-24-32-54(33-25-49)72-45-20-42-69(7-2)8-3)59-39-41-61(68-59)64(60-40-38-58(62)67-60)50-26-34-55(35-27-50)73-46-21-43-70(9-4)10-5/h22-41,47H,6-21,42-46H2,1-5H3. The van der Waals surface area contributed by atoms with Crippen molar-refractivity contribution in [1.82, 2.24) is 9.80 Å². The van der Waals surface area contributed by atoms with E-state index in [2.05, 4.69) is 166 Å². The molecule has 9 heteroatoms. The van der Waals surface area contributed by atoms with Gasteiger partial charge in [0.25, 0.3) is 0 Å². The number of unbranched alkanes of at least 4 members (excludes halogenated alkanes) is 9. The molecule has 9 nitrogen and oxygen atoms in total. The Morgan fingerprint density at radius 1 is 0.356 bits per heavy atom. The Bertz CT molecular complexity index is 2710. The van der Waals surface area contributed by atoms with E-state index in [1.807, 2.05) is 6.08 Å². The summed E-state index contributed by atoms with van der Waals surface area (Å²) < 4.78 is 18.8. The third-order valence-corrected chi connectivity index (χ3v) is 14.2. The highest BCUT2D eigenvalue weighted by atomic mass is 16.5. The second kappa shape index (κ2) is 27.6. The molecule has 5 heterocycles. The van der Waals surface area contributed by atoms with Crippen LogP contribution in [0.5, 0.6) is 17.2 Å². The third-order valence-electron chi connectivity index (χ3n) is 14.2. The first kappa shape index (κ1) is 52.9. The maximum atomic E-state index is 6.27. The molecule has 3 aromatic rings. The molecule has 3 aromatic carbocycles. The van der Waals surface area contributed by atoms with Crippen LogP contribution in [0.15, 0.2) is 170 Å². The van der Waals surface area contributed by atoms with Crippen LogP contribution in [0.2, 0.25) is 0 Å². The first-order chi connectivity index (χ1) is 36.0. The Morgan fingerprint density at radius 3 is 1.16 bits per heavy atom. The molecule has 5 aliphatic heterocycles. The number of nitrogens with zero attached hydrogens (tertiary/aromatic N) is 6. The van der Waals surface area contributed by atoms with Gasteiger partial charge in [-0.05, 0) is 153 Å². The second-order valence-corrected chi connectivity index (χ2v) is 19.3. The van der Waals surface area contributed by atoms with Gasteiger partial charge in [-0.25, -0.2) is 20.0 Å². The zero-order valence-corrected chi connectivity index (χ0v) is 44.4. The van der Waals surface area contributed by atoms with Crippen molar-refractivity contribution in [3.8, 4) is 17.2 Å². The van der Waals surface area contributed by atoms with Crippen molar-refractivity contribution in [3.05, 3.63) is 167 Å². The fourth-order valence-electron chi connectivity index (χ4n) is 9.88. The molecular formula is C64H78N6O3. The van der Waals surface area contributed by atoms with Crippen LogP contribution in [0, 0.1) is 0 Å². The molecule has 8 bridgehead atoms. The van der Waals surface area contributed by atoms with Crippen molar-refractivity contribution in [2.75, 3.05) is 59.1 Å². The molecule has 0 saturated heterocycles. The highest BCUT2D eigenvalue weighted by Gasteiger charge is 2.26. The highest BCUT2D eigenvalue weighted by Crippen LogP contribution is 2.37. The number of aliphatic imine (C=N–C) groups is 4. The molecular weight excluding hydrogens is 901 g/mol. The van der Waals surface area contributed by atoms with E-state index in [1.165, 1.54) is 57.8 Å². The van der Waals surface area contributed by atoms with Crippen molar-refractivity contribution in [3.63, 3.8) is 0 Å². The predicted octanol–water partition coefficient (Wildman–Crippen LogP) is 14.7. The van der Waals surface area contributed by atoms with Crippen molar-refractivity contribution >= 4 is 39.6 Å². The zero-order chi connectivity index (χ0) is 50.6. The lowest BCUT2D eigenvalue weighted by Gasteiger charge is -2.17. The minimum absolute atomic E-state index is 0.661. The summed E-state index contributed by atoms with van der Waals surface area (Å²) in [4.78, 5) is 26.2. The lowest BCUT2D eigenvalue weighted by atomic mass is 9.98. The molecule has 0 amide bonds. The fourth-order valence-corrected chi connectivity index (χ4v) is 9.88. The zero-order valence-electron chi connectivity index (χ0n) is 44.4. The monoisotopic (exact) mass is 979 g/mol. The minimum Gasteiger partial charge on any atom is -0.494 e. The van der Waals surface area contributed by atoms with Crippen LogP contribution in [-0.2, 0) is 0 Å². The number of allylic oxidation sites excluding steroid dienone is 12. The predicted molar refractivity (Wildman–Crippen MR) is 308 cm³/mol. The van der Waals surface area contributed by atoms with E-state index in [1.54, 1.807) is 0 Å². The summed E-state index contributed by atoms with van der Waals surface area (Å²) in [5.74, 6) is 2.57. The van der Waals surface area contributed by atoms with E-state index in [4.69, 9.17) is 34.2 Å². The Labute approximate surface area is 436 Å². The van der Waals surface area contributed by atoms with E-state index in [0.717, 1.165) is 161 Å². The van der Waals surface area contributed by atoms with Gasteiger partial charge in [-0.1, -0.05) is 129 Å². The van der Waals surface area contributed by atoms with Gasteiger partial charge in [0, 0.05) is 29.8 Å². The van der Waals surface area contributed by atoms with Gasteiger partial charge in [-0.3, -0.25) is 0 Å². The molecule has 0 radical (unpaired) electrons. The fraction of sp³-hybridized carbons (Fsp3) is 0.406. The molecule has 0 aromatic heterocycles. The molecule has 8 rings (SSSR count). The molecule has 0 spiro atoms. The highest BCUT2D eigenvalue weighted by molar-refractivity contribution is 6.37. The Hall–Kier alpha value is -6.42. The average Bonchev–Trinajstić information content (AvgIpc) is 4.28. The molecule has 0 saturated carbocycles. The van der Waals surface area contributed by atoms with Crippen molar-refractivity contribution in [2.45, 2.75) is 112 Å². The van der Waals surface area contributed by atoms with Crippen LogP contribution in [0.4, 0.5) is 0 Å². The summed E-state index contributed by atoms with van der Waals surface area (Å²) in [6.07, 6.45) is 33.8. The molecule has 0 unspecified atom stereocenters. The lowest BCUT2D eigenvalue weighted by Crippen LogP contribution is -2.25. The molecule has 5 aliphatic rings. The number of hydrogen-bond acceptors (Lipinski definition) is 9. The quantitative estimate of drug-likeness (QED) is 0.0647. The largest absolute Gasteiger partial charge is 0.494 e. The van der Waals surface area contributed by atoms with Gasteiger partial charge in [-0.2, -0.15) is 0 Å². The summed E-state index contributed by atoms with van der Waals surface area (Å²) in [7, 11) is 0. The van der Waals surface area contributed by atoms with Crippen LogP contribution in [-0.4, -0.2) is 91.7 Å². The maximum absolute atomic E-state index is 6.27. The number of benzene rings is 3. The summed E-state index contributed by atoms with van der Waals surface area (Å²) in [5, 5.41) is 0. The van der Waals surface area contributed by atoms with Gasteiger partial charge in [-0.15, -0.1) is 0 Å². The smallest absolute Gasteiger partial charge is 0.119 e. The first-order valence-electron chi connectivity index (χ1n) is 27.6. The Balaban J connectivity index is 1.09. The summed E-state index contributed by atoms with van der Waals surface area (Å²) in [6.45, 7) is 19.4. The van der Waals surface area contributed by atoms with Gasteiger partial charge < -0.3 is 24.0 Å². The normalized spacial score (nSPS) is 15.8. The average molecular weight is 979 g/mol.